The number of methoxy groups -OCH3 is 1. The van der Waals surface area contributed by atoms with Crippen LogP contribution in [-0.4, -0.2) is 43.8 Å². The maximum atomic E-state index is 6.00. The largest absolute Gasteiger partial charge is 0.383 e. The van der Waals surface area contributed by atoms with Crippen molar-refractivity contribution in [2.45, 2.75) is 59.5 Å². The molecule has 2 N–H and O–H groups in total. The highest BCUT2D eigenvalue weighted by Crippen LogP contribution is 2.26. The number of hydrogen-bond acceptors (Lipinski definition) is 3. The van der Waals surface area contributed by atoms with Gasteiger partial charge in [-0.1, -0.05) is 34.6 Å². The maximum Gasteiger partial charge on any atom is 0.0589 e. The molecule has 0 heterocycles. The second kappa shape index (κ2) is 8.06. The van der Waals surface area contributed by atoms with Crippen molar-refractivity contribution >= 4 is 0 Å². The van der Waals surface area contributed by atoms with Crippen LogP contribution in [0.5, 0.6) is 0 Å². The van der Waals surface area contributed by atoms with Gasteiger partial charge in [0.1, 0.15) is 0 Å². The maximum absolute atomic E-state index is 6.00. The van der Waals surface area contributed by atoms with E-state index in [1.807, 2.05) is 0 Å². The van der Waals surface area contributed by atoms with E-state index >= 15 is 0 Å². The summed E-state index contributed by atoms with van der Waals surface area (Å²) in [5, 5.41) is 0. The first-order valence-electron chi connectivity index (χ1n) is 6.87. The van der Waals surface area contributed by atoms with Crippen molar-refractivity contribution < 1.29 is 4.74 Å². The number of rotatable bonds is 8. The molecule has 0 aliphatic carbocycles. The number of ether oxygens (including phenoxy) is 1. The van der Waals surface area contributed by atoms with Crippen molar-refractivity contribution in [1.82, 2.24) is 4.90 Å². The summed E-state index contributed by atoms with van der Waals surface area (Å²) in [5.41, 5.74) is 6.21. The molecule has 0 aliphatic heterocycles. The van der Waals surface area contributed by atoms with Crippen LogP contribution in [-0.2, 0) is 4.74 Å². The normalized spacial score (nSPS) is 14.6. The molecule has 0 fully saturated rings. The van der Waals surface area contributed by atoms with E-state index < -0.39 is 0 Å². The molecule has 3 nitrogen and oxygen atoms in total. The highest BCUT2D eigenvalue weighted by Gasteiger charge is 2.32. The van der Waals surface area contributed by atoms with E-state index in [-0.39, 0.29) is 5.41 Å². The van der Waals surface area contributed by atoms with Crippen LogP contribution < -0.4 is 5.73 Å². The summed E-state index contributed by atoms with van der Waals surface area (Å²) >= 11 is 0. The molecule has 0 bridgehead atoms. The van der Waals surface area contributed by atoms with Gasteiger partial charge in [-0.15, -0.1) is 0 Å². The number of hydrogen-bond donors (Lipinski definition) is 1. The Morgan fingerprint density at radius 1 is 1.18 bits per heavy atom. The number of nitrogens with zero attached hydrogens (tertiary/aromatic N) is 1. The van der Waals surface area contributed by atoms with Crippen LogP contribution in [0, 0.1) is 5.41 Å². The second-order valence-corrected chi connectivity index (χ2v) is 5.82. The van der Waals surface area contributed by atoms with Gasteiger partial charge in [-0.3, -0.25) is 4.90 Å². The van der Waals surface area contributed by atoms with Crippen LogP contribution in [0.3, 0.4) is 0 Å². The highest BCUT2D eigenvalue weighted by atomic mass is 16.5. The van der Waals surface area contributed by atoms with E-state index in [4.69, 9.17) is 10.5 Å². The van der Waals surface area contributed by atoms with Crippen LogP contribution in [0.1, 0.15) is 47.5 Å². The molecule has 0 aromatic heterocycles. The first kappa shape index (κ1) is 16.9. The van der Waals surface area contributed by atoms with Crippen molar-refractivity contribution in [3.05, 3.63) is 0 Å². The summed E-state index contributed by atoms with van der Waals surface area (Å²) in [5.74, 6) is 0. The first-order valence-corrected chi connectivity index (χ1v) is 6.87. The molecule has 0 spiro atoms. The molecule has 0 amide bonds. The Morgan fingerprint density at radius 2 is 1.71 bits per heavy atom. The summed E-state index contributed by atoms with van der Waals surface area (Å²) in [6.45, 7) is 13.8. The lowest BCUT2D eigenvalue weighted by atomic mass is 9.84. The molecule has 1 unspecified atom stereocenters. The van der Waals surface area contributed by atoms with Gasteiger partial charge in [0.25, 0.3) is 0 Å². The van der Waals surface area contributed by atoms with Crippen molar-refractivity contribution in [2.75, 3.05) is 26.8 Å². The van der Waals surface area contributed by atoms with Crippen LogP contribution in [0.15, 0.2) is 0 Å². The van der Waals surface area contributed by atoms with Gasteiger partial charge in [-0.05, 0) is 18.3 Å². The molecule has 104 valence electrons. The third-order valence-electron chi connectivity index (χ3n) is 3.59. The van der Waals surface area contributed by atoms with Crippen molar-refractivity contribution in [3.8, 4) is 0 Å². The summed E-state index contributed by atoms with van der Waals surface area (Å²) in [7, 11) is 1.76. The second-order valence-electron chi connectivity index (χ2n) is 5.82. The van der Waals surface area contributed by atoms with E-state index in [0.717, 1.165) is 13.2 Å². The monoisotopic (exact) mass is 244 g/mol. The van der Waals surface area contributed by atoms with E-state index in [0.29, 0.717) is 18.6 Å². The zero-order valence-electron chi connectivity index (χ0n) is 12.6. The molecule has 0 saturated carbocycles. The van der Waals surface area contributed by atoms with Crippen LogP contribution >= 0.6 is 0 Å². The predicted octanol–water partition coefficient (Wildman–Crippen LogP) is 2.50. The fourth-order valence-electron chi connectivity index (χ4n) is 2.53. The van der Waals surface area contributed by atoms with Crippen molar-refractivity contribution in [2.24, 2.45) is 11.1 Å². The SMILES string of the molecule is CCC(CC)N(CCOC)C(CN)C(C)(C)C. The van der Waals surface area contributed by atoms with E-state index in [1.165, 1.54) is 12.8 Å². The molecule has 0 radical (unpaired) electrons. The van der Waals surface area contributed by atoms with Gasteiger partial charge in [0, 0.05) is 32.3 Å². The smallest absolute Gasteiger partial charge is 0.0589 e. The van der Waals surface area contributed by atoms with Gasteiger partial charge in [0.05, 0.1) is 6.61 Å². The summed E-state index contributed by atoms with van der Waals surface area (Å²) in [4.78, 5) is 2.55. The van der Waals surface area contributed by atoms with Gasteiger partial charge in [-0.25, -0.2) is 0 Å². The standard InChI is InChI=1S/C14H32N2O/c1-7-12(8-2)16(9-10-17-6)13(11-15)14(3,4)5/h12-13H,7-11,15H2,1-6H3. The molecule has 3 heteroatoms. The minimum absolute atomic E-state index is 0.213. The Kier molecular flexibility index (Phi) is 8.01. The zero-order valence-corrected chi connectivity index (χ0v) is 12.6. The predicted molar refractivity (Wildman–Crippen MR) is 75.2 cm³/mol. The lowest BCUT2D eigenvalue weighted by Gasteiger charge is -2.43. The van der Waals surface area contributed by atoms with Gasteiger partial charge >= 0.3 is 0 Å². The average molecular weight is 244 g/mol. The van der Waals surface area contributed by atoms with E-state index in [1.54, 1.807) is 7.11 Å². The van der Waals surface area contributed by atoms with Crippen molar-refractivity contribution in [3.63, 3.8) is 0 Å². The molecule has 0 aliphatic rings. The summed E-state index contributed by atoms with van der Waals surface area (Å²) in [6, 6.07) is 1.03. The lowest BCUT2D eigenvalue weighted by molar-refractivity contribution is 0.0346. The molecule has 0 aromatic carbocycles. The third-order valence-corrected chi connectivity index (χ3v) is 3.59. The Labute approximate surface area is 108 Å². The Morgan fingerprint density at radius 3 is 2.00 bits per heavy atom. The Bertz CT molecular complexity index is 185. The Balaban J connectivity index is 4.85. The highest BCUT2D eigenvalue weighted by molar-refractivity contribution is 4.87. The third kappa shape index (κ3) is 5.36. The minimum Gasteiger partial charge on any atom is -0.383 e. The fraction of sp³-hybridized carbons (Fsp3) is 1.00. The van der Waals surface area contributed by atoms with Crippen molar-refractivity contribution in [1.29, 1.82) is 0 Å². The molecule has 0 rings (SSSR count). The average Bonchev–Trinajstić information content (AvgIpc) is 2.25. The van der Waals surface area contributed by atoms with Gasteiger partial charge < -0.3 is 10.5 Å². The fourth-order valence-corrected chi connectivity index (χ4v) is 2.53. The summed E-state index contributed by atoms with van der Waals surface area (Å²) in [6.07, 6.45) is 2.35. The van der Waals surface area contributed by atoms with Crippen LogP contribution in [0.4, 0.5) is 0 Å². The zero-order chi connectivity index (χ0) is 13.5. The molecular formula is C14H32N2O. The molecule has 0 saturated heterocycles. The van der Waals surface area contributed by atoms with Gasteiger partial charge in [0.15, 0.2) is 0 Å². The van der Waals surface area contributed by atoms with Gasteiger partial charge in [-0.2, -0.15) is 0 Å². The minimum atomic E-state index is 0.213. The first-order chi connectivity index (χ1) is 7.92. The van der Waals surface area contributed by atoms with Crippen LogP contribution in [0.2, 0.25) is 0 Å². The molecule has 17 heavy (non-hydrogen) atoms. The quantitative estimate of drug-likeness (QED) is 0.713. The molecular weight excluding hydrogens is 212 g/mol. The van der Waals surface area contributed by atoms with E-state index in [9.17, 15) is 0 Å². The molecule has 0 aromatic rings. The van der Waals surface area contributed by atoms with Gasteiger partial charge in [0.2, 0.25) is 0 Å². The van der Waals surface area contributed by atoms with E-state index in [2.05, 4.69) is 39.5 Å². The van der Waals surface area contributed by atoms with Crippen LogP contribution in [0.25, 0.3) is 0 Å². The Hall–Kier alpha value is -0.120. The topological polar surface area (TPSA) is 38.5 Å². The summed E-state index contributed by atoms with van der Waals surface area (Å²) < 4.78 is 5.24. The lowest BCUT2D eigenvalue weighted by Crippen LogP contribution is -2.53. The molecule has 1 atom stereocenters. The number of nitrogens with two attached hydrogens (primary N) is 1.